The molecule has 0 aliphatic carbocycles. The molecule has 1 atom stereocenters. The van der Waals surface area contributed by atoms with E-state index in [9.17, 15) is 22.8 Å². The van der Waals surface area contributed by atoms with Crippen LogP contribution in [-0.4, -0.2) is 36.0 Å². The number of carboxylic acids is 1. The highest BCUT2D eigenvalue weighted by atomic mass is 19.4. The van der Waals surface area contributed by atoms with Gasteiger partial charge in [0.2, 0.25) is 0 Å². The van der Waals surface area contributed by atoms with Gasteiger partial charge >= 0.3 is 18.2 Å². The molecule has 0 aliphatic heterocycles. The fourth-order valence-electron chi connectivity index (χ4n) is 0.649. The zero-order chi connectivity index (χ0) is 12.8. The summed E-state index contributed by atoms with van der Waals surface area (Å²) in [7, 11) is 0. The summed E-state index contributed by atoms with van der Waals surface area (Å²) >= 11 is 0. The Hall–Kier alpha value is -1.91. The van der Waals surface area contributed by atoms with Gasteiger partial charge in [-0.3, -0.25) is 0 Å². The second-order valence-corrected chi connectivity index (χ2v) is 2.63. The SMILES string of the molecule is C#CCC(NC(=O)OCC(F)(F)F)C(=O)O. The van der Waals surface area contributed by atoms with Crippen molar-refractivity contribution < 1.29 is 32.6 Å². The smallest absolute Gasteiger partial charge is 0.422 e. The number of ether oxygens (including phenoxy) is 1. The van der Waals surface area contributed by atoms with Crippen molar-refractivity contribution in [3.05, 3.63) is 0 Å². The minimum Gasteiger partial charge on any atom is -0.480 e. The van der Waals surface area contributed by atoms with Crippen LogP contribution >= 0.6 is 0 Å². The lowest BCUT2D eigenvalue weighted by Crippen LogP contribution is -2.41. The van der Waals surface area contributed by atoms with Gasteiger partial charge < -0.3 is 15.2 Å². The number of alkyl carbamates (subject to hydrolysis) is 1. The van der Waals surface area contributed by atoms with Crippen molar-refractivity contribution in [2.24, 2.45) is 0 Å². The fraction of sp³-hybridized carbons (Fsp3) is 0.500. The van der Waals surface area contributed by atoms with Gasteiger partial charge in [-0.2, -0.15) is 13.2 Å². The minimum atomic E-state index is -4.66. The van der Waals surface area contributed by atoms with Crippen LogP contribution < -0.4 is 5.32 Å². The van der Waals surface area contributed by atoms with E-state index in [2.05, 4.69) is 4.74 Å². The Morgan fingerprint density at radius 2 is 2.06 bits per heavy atom. The van der Waals surface area contributed by atoms with E-state index in [1.807, 2.05) is 5.92 Å². The molecule has 5 nitrogen and oxygen atoms in total. The van der Waals surface area contributed by atoms with Crippen LogP contribution in [-0.2, 0) is 9.53 Å². The zero-order valence-electron chi connectivity index (χ0n) is 7.87. The second kappa shape index (κ2) is 5.85. The molecule has 0 bridgehead atoms. The summed E-state index contributed by atoms with van der Waals surface area (Å²) in [5, 5.41) is 10.2. The summed E-state index contributed by atoms with van der Waals surface area (Å²) in [6.45, 7) is -1.79. The maximum absolute atomic E-state index is 11.6. The van der Waals surface area contributed by atoms with Crippen molar-refractivity contribution in [1.29, 1.82) is 0 Å². The first kappa shape index (κ1) is 14.1. The maximum Gasteiger partial charge on any atom is 0.422 e. The van der Waals surface area contributed by atoms with E-state index in [4.69, 9.17) is 11.5 Å². The highest BCUT2D eigenvalue weighted by molar-refractivity contribution is 5.80. The first-order valence-electron chi connectivity index (χ1n) is 3.92. The minimum absolute atomic E-state index is 0.351. The number of carboxylic acid groups (broad SMARTS) is 1. The molecule has 1 amide bonds. The number of carbonyl (C=O) groups is 2. The highest BCUT2D eigenvalue weighted by Crippen LogP contribution is 2.14. The number of nitrogens with one attached hydrogen (secondary N) is 1. The van der Waals surface area contributed by atoms with E-state index in [0.29, 0.717) is 0 Å². The molecule has 0 aromatic rings. The van der Waals surface area contributed by atoms with Crippen LogP contribution in [0.1, 0.15) is 6.42 Å². The van der Waals surface area contributed by atoms with Gasteiger partial charge in [-0.05, 0) is 0 Å². The van der Waals surface area contributed by atoms with Crippen molar-refractivity contribution in [3.63, 3.8) is 0 Å². The number of hydrogen-bond donors (Lipinski definition) is 2. The van der Waals surface area contributed by atoms with E-state index < -0.39 is 30.9 Å². The molecule has 0 saturated heterocycles. The van der Waals surface area contributed by atoms with Crippen LogP contribution in [0.2, 0.25) is 0 Å². The van der Waals surface area contributed by atoms with Crippen LogP contribution in [0.5, 0.6) is 0 Å². The van der Waals surface area contributed by atoms with Gasteiger partial charge in [0.1, 0.15) is 6.04 Å². The molecule has 90 valence electrons. The molecular formula is C8H8F3NO4. The summed E-state index contributed by atoms with van der Waals surface area (Å²) in [5.41, 5.74) is 0. The van der Waals surface area contributed by atoms with Crippen molar-refractivity contribution in [2.45, 2.75) is 18.6 Å². The third kappa shape index (κ3) is 6.53. The average molecular weight is 239 g/mol. The molecule has 0 spiro atoms. The first-order valence-corrected chi connectivity index (χ1v) is 3.92. The largest absolute Gasteiger partial charge is 0.480 e. The average Bonchev–Trinajstić information content (AvgIpc) is 2.13. The first-order chi connectivity index (χ1) is 7.26. The maximum atomic E-state index is 11.6. The van der Waals surface area contributed by atoms with E-state index in [1.165, 1.54) is 0 Å². The number of hydrogen-bond acceptors (Lipinski definition) is 3. The summed E-state index contributed by atoms with van der Waals surface area (Å²) in [4.78, 5) is 21.2. The molecule has 0 radical (unpaired) electrons. The Morgan fingerprint density at radius 3 is 2.44 bits per heavy atom. The van der Waals surface area contributed by atoms with Gasteiger partial charge in [-0.15, -0.1) is 12.3 Å². The molecule has 2 N–H and O–H groups in total. The lowest BCUT2D eigenvalue weighted by Gasteiger charge is -2.12. The van der Waals surface area contributed by atoms with Crippen molar-refractivity contribution in [1.82, 2.24) is 5.32 Å². The molecule has 0 rings (SSSR count). The molecule has 0 aromatic carbocycles. The predicted molar refractivity (Wildman–Crippen MR) is 45.4 cm³/mol. The number of aliphatic carboxylic acids is 1. The normalized spacial score (nSPS) is 12.4. The molecular weight excluding hydrogens is 231 g/mol. The van der Waals surface area contributed by atoms with Crippen LogP contribution in [0.25, 0.3) is 0 Å². The number of halogens is 3. The number of amides is 1. The third-order valence-corrected chi connectivity index (χ3v) is 1.28. The van der Waals surface area contributed by atoms with Gasteiger partial charge in [0.05, 0.1) is 0 Å². The van der Waals surface area contributed by atoms with Gasteiger partial charge in [0.25, 0.3) is 0 Å². The molecule has 1 unspecified atom stereocenters. The number of alkyl halides is 3. The Labute approximate surface area is 88.6 Å². The number of terminal acetylenes is 1. The molecule has 16 heavy (non-hydrogen) atoms. The molecule has 0 heterocycles. The van der Waals surface area contributed by atoms with Crippen LogP contribution in [0, 0.1) is 12.3 Å². The standard InChI is InChI=1S/C8H8F3NO4/c1-2-3-5(6(13)14)12-7(15)16-4-8(9,10)11/h1,5H,3-4H2,(H,12,15)(H,13,14). The van der Waals surface area contributed by atoms with E-state index in [-0.39, 0.29) is 6.42 Å². The third-order valence-electron chi connectivity index (χ3n) is 1.28. The molecule has 0 aromatic heterocycles. The predicted octanol–water partition coefficient (Wildman–Crippen LogP) is 0.751. The van der Waals surface area contributed by atoms with Crippen LogP contribution in [0.15, 0.2) is 0 Å². The number of carbonyl (C=O) groups excluding carboxylic acids is 1. The van der Waals surface area contributed by atoms with E-state index in [0.717, 1.165) is 0 Å². The number of rotatable bonds is 4. The molecule has 8 heteroatoms. The lowest BCUT2D eigenvalue weighted by atomic mass is 10.2. The van der Waals surface area contributed by atoms with Crippen molar-refractivity contribution >= 4 is 12.1 Å². The quantitative estimate of drug-likeness (QED) is 0.710. The topological polar surface area (TPSA) is 75.6 Å². The second-order valence-electron chi connectivity index (χ2n) is 2.63. The molecule has 0 fully saturated rings. The summed E-state index contributed by atoms with van der Waals surface area (Å²) in [5.74, 6) is 0.497. The Morgan fingerprint density at radius 1 is 1.50 bits per heavy atom. The van der Waals surface area contributed by atoms with Crippen LogP contribution in [0.4, 0.5) is 18.0 Å². The van der Waals surface area contributed by atoms with E-state index >= 15 is 0 Å². The van der Waals surface area contributed by atoms with Crippen molar-refractivity contribution in [2.75, 3.05) is 6.61 Å². The highest BCUT2D eigenvalue weighted by Gasteiger charge is 2.30. The van der Waals surface area contributed by atoms with Crippen LogP contribution in [0.3, 0.4) is 0 Å². The van der Waals surface area contributed by atoms with E-state index in [1.54, 1.807) is 5.32 Å². The van der Waals surface area contributed by atoms with Gasteiger partial charge in [-0.1, -0.05) is 0 Å². The van der Waals surface area contributed by atoms with Crippen molar-refractivity contribution in [3.8, 4) is 12.3 Å². The monoisotopic (exact) mass is 239 g/mol. The Kier molecular flexibility index (Phi) is 5.15. The Bertz CT molecular complexity index is 307. The fourth-order valence-corrected chi connectivity index (χ4v) is 0.649. The Balaban J connectivity index is 4.12. The van der Waals surface area contributed by atoms with Gasteiger partial charge in [0.15, 0.2) is 6.61 Å². The lowest BCUT2D eigenvalue weighted by molar-refractivity contribution is -0.160. The van der Waals surface area contributed by atoms with Gasteiger partial charge in [-0.25, -0.2) is 9.59 Å². The molecule has 0 saturated carbocycles. The summed E-state index contributed by atoms with van der Waals surface area (Å²) < 4.78 is 38.5. The van der Waals surface area contributed by atoms with Gasteiger partial charge in [0, 0.05) is 6.42 Å². The zero-order valence-corrected chi connectivity index (χ0v) is 7.87. The summed E-state index contributed by atoms with van der Waals surface area (Å²) in [6.07, 6.45) is -1.70. The summed E-state index contributed by atoms with van der Waals surface area (Å²) in [6, 6.07) is -1.47. The molecule has 0 aliphatic rings.